The highest BCUT2D eigenvalue weighted by Gasteiger charge is 2.05. The van der Waals surface area contributed by atoms with E-state index in [2.05, 4.69) is 41.6 Å². The Balaban J connectivity index is 1.51. The van der Waals surface area contributed by atoms with Crippen LogP contribution in [0, 0.1) is 0 Å². The van der Waals surface area contributed by atoms with E-state index in [9.17, 15) is 4.79 Å². The molecule has 1 N–H and O–H groups in total. The van der Waals surface area contributed by atoms with Gasteiger partial charge in [-0.2, -0.15) is 5.10 Å². The van der Waals surface area contributed by atoms with Crippen LogP contribution in [0.5, 0.6) is 0 Å². The standard InChI is InChI=1S/C20H23N3O/c1-16(11-12-17-7-3-2-4-8-17)21-13-14-23-20(24)19-10-6-5-9-18(19)15-22-23/h2-10,15-16,21H,11-14H2,1H3/t16-/m0/s1. The normalized spacial score (nSPS) is 12.4. The summed E-state index contributed by atoms with van der Waals surface area (Å²) in [5.74, 6) is 0. The van der Waals surface area contributed by atoms with Crippen LogP contribution in [0.2, 0.25) is 0 Å². The van der Waals surface area contributed by atoms with Crippen LogP contribution in [-0.4, -0.2) is 22.4 Å². The molecule has 0 radical (unpaired) electrons. The van der Waals surface area contributed by atoms with Gasteiger partial charge in [-0.1, -0.05) is 48.5 Å². The lowest BCUT2D eigenvalue weighted by molar-refractivity contribution is 0.468. The predicted molar refractivity (Wildman–Crippen MR) is 98.2 cm³/mol. The first kappa shape index (κ1) is 16.4. The van der Waals surface area contributed by atoms with Crippen molar-refractivity contribution in [3.05, 3.63) is 76.7 Å². The smallest absolute Gasteiger partial charge is 0.274 e. The minimum absolute atomic E-state index is 0.0214. The lowest BCUT2D eigenvalue weighted by Crippen LogP contribution is -2.33. The highest BCUT2D eigenvalue weighted by Crippen LogP contribution is 2.06. The third kappa shape index (κ3) is 4.09. The summed E-state index contributed by atoms with van der Waals surface area (Å²) < 4.78 is 1.54. The lowest BCUT2D eigenvalue weighted by atomic mass is 10.1. The molecule has 0 unspecified atom stereocenters. The number of aryl methyl sites for hydroxylation is 1. The summed E-state index contributed by atoms with van der Waals surface area (Å²) >= 11 is 0. The molecule has 1 atom stereocenters. The molecule has 1 aromatic heterocycles. The van der Waals surface area contributed by atoms with Gasteiger partial charge in [0.05, 0.1) is 18.1 Å². The molecule has 0 fully saturated rings. The van der Waals surface area contributed by atoms with Crippen molar-refractivity contribution in [3.63, 3.8) is 0 Å². The van der Waals surface area contributed by atoms with E-state index in [0.29, 0.717) is 12.6 Å². The molecular formula is C20H23N3O. The molecule has 4 nitrogen and oxygen atoms in total. The fourth-order valence-electron chi connectivity index (χ4n) is 2.83. The fourth-order valence-corrected chi connectivity index (χ4v) is 2.83. The Hall–Kier alpha value is -2.46. The van der Waals surface area contributed by atoms with Gasteiger partial charge in [0.25, 0.3) is 5.56 Å². The zero-order chi connectivity index (χ0) is 16.8. The number of aromatic nitrogens is 2. The first-order valence-corrected chi connectivity index (χ1v) is 8.46. The predicted octanol–water partition coefficient (Wildman–Crippen LogP) is 3.01. The minimum atomic E-state index is -0.0214. The quantitative estimate of drug-likeness (QED) is 0.728. The zero-order valence-electron chi connectivity index (χ0n) is 14.0. The van der Waals surface area contributed by atoms with E-state index in [4.69, 9.17) is 0 Å². The molecule has 0 aliphatic carbocycles. The van der Waals surface area contributed by atoms with E-state index < -0.39 is 0 Å². The van der Waals surface area contributed by atoms with Crippen molar-refractivity contribution in [3.8, 4) is 0 Å². The van der Waals surface area contributed by atoms with Gasteiger partial charge in [0.15, 0.2) is 0 Å². The monoisotopic (exact) mass is 321 g/mol. The highest BCUT2D eigenvalue weighted by atomic mass is 16.1. The number of benzene rings is 2. The number of hydrogen-bond donors (Lipinski definition) is 1. The number of fused-ring (bicyclic) bond motifs is 1. The molecule has 0 spiro atoms. The van der Waals surface area contributed by atoms with Gasteiger partial charge in [-0.15, -0.1) is 0 Å². The third-order valence-electron chi connectivity index (χ3n) is 4.29. The Morgan fingerprint density at radius 3 is 2.67 bits per heavy atom. The average Bonchev–Trinajstić information content (AvgIpc) is 2.63. The maximum absolute atomic E-state index is 12.4. The molecule has 0 saturated heterocycles. The second-order valence-corrected chi connectivity index (χ2v) is 6.14. The van der Waals surface area contributed by atoms with Crippen LogP contribution < -0.4 is 10.9 Å². The number of nitrogens with one attached hydrogen (secondary N) is 1. The Morgan fingerprint density at radius 2 is 1.83 bits per heavy atom. The summed E-state index contributed by atoms with van der Waals surface area (Å²) in [6.07, 6.45) is 3.89. The molecule has 0 aliphatic rings. The molecule has 0 aliphatic heterocycles. The minimum Gasteiger partial charge on any atom is -0.312 e. The lowest BCUT2D eigenvalue weighted by Gasteiger charge is -2.14. The number of hydrogen-bond acceptors (Lipinski definition) is 3. The Bertz CT molecular complexity index is 842. The van der Waals surface area contributed by atoms with Crippen molar-refractivity contribution in [1.82, 2.24) is 15.1 Å². The van der Waals surface area contributed by atoms with E-state index >= 15 is 0 Å². The second kappa shape index (κ2) is 7.88. The molecule has 4 heteroatoms. The van der Waals surface area contributed by atoms with Gasteiger partial charge in [-0.3, -0.25) is 4.79 Å². The van der Waals surface area contributed by atoms with Gasteiger partial charge >= 0.3 is 0 Å². The first-order valence-electron chi connectivity index (χ1n) is 8.46. The van der Waals surface area contributed by atoms with E-state index in [0.717, 1.165) is 30.2 Å². The molecule has 1 heterocycles. The van der Waals surface area contributed by atoms with E-state index in [1.54, 1.807) is 10.9 Å². The van der Waals surface area contributed by atoms with E-state index in [1.807, 2.05) is 30.3 Å². The van der Waals surface area contributed by atoms with Crippen molar-refractivity contribution in [1.29, 1.82) is 0 Å². The summed E-state index contributed by atoms with van der Waals surface area (Å²) in [4.78, 5) is 12.4. The molecule has 3 rings (SSSR count). The van der Waals surface area contributed by atoms with E-state index in [-0.39, 0.29) is 5.56 Å². The van der Waals surface area contributed by atoms with Crippen LogP contribution in [0.25, 0.3) is 10.8 Å². The Morgan fingerprint density at radius 1 is 1.08 bits per heavy atom. The van der Waals surface area contributed by atoms with Crippen LogP contribution in [0.15, 0.2) is 65.6 Å². The summed E-state index contributed by atoms with van der Waals surface area (Å²) in [5.41, 5.74) is 1.34. The maximum Gasteiger partial charge on any atom is 0.274 e. The molecule has 2 aromatic carbocycles. The van der Waals surface area contributed by atoms with Gasteiger partial charge in [0.1, 0.15) is 0 Å². The Labute approximate surface area is 142 Å². The van der Waals surface area contributed by atoms with Crippen molar-refractivity contribution >= 4 is 10.8 Å². The van der Waals surface area contributed by atoms with Crippen molar-refractivity contribution < 1.29 is 0 Å². The van der Waals surface area contributed by atoms with Gasteiger partial charge in [-0.05, 0) is 31.4 Å². The third-order valence-corrected chi connectivity index (χ3v) is 4.29. The summed E-state index contributed by atoms with van der Waals surface area (Å²) in [5, 5.41) is 9.36. The molecule has 124 valence electrons. The fraction of sp³-hybridized carbons (Fsp3) is 0.300. The van der Waals surface area contributed by atoms with Gasteiger partial charge in [-0.25, -0.2) is 4.68 Å². The zero-order valence-corrected chi connectivity index (χ0v) is 14.0. The van der Waals surface area contributed by atoms with Crippen molar-refractivity contribution in [2.75, 3.05) is 6.54 Å². The van der Waals surface area contributed by atoms with Crippen LogP contribution >= 0.6 is 0 Å². The van der Waals surface area contributed by atoms with Crippen LogP contribution in [0.1, 0.15) is 18.9 Å². The van der Waals surface area contributed by atoms with Gasteiger partial charge in [0, 0.05) is 18.0 Å². The largest absolute Gasteiger partial charge is 0.312 e. The average molecular weight is 321 g/mol. The van der Waals surface area contributed by atoms with E-state index in [1.165, 1.54) is 5.56 Å². The topological polar surface area (TPSA) is 46.9 Å². The number of nitrogens with zero attached hydrogens (tertiary/aromatic N) is 2. The molecule has 0 amide bonds. The summed E-state index contributed by atoms with van der Waals surface area (Å²) in [6.45, 7) is 3.50. The molecular weight excluding hydrogens is 298 g/mol. The van der Waals surface area contributed by atoms with Crippen LogP contribution in [-0.2, 0) is 13.0 Å². The first-order chi connectivity index (χ1) is 11.7. The van der Waals surface area contributed by atoms with Crippen molar-refractivity contribution in [2.24, 2.45) is 0 Å². The van der Waals surface area contributed by atoms with Gasteiger partial charge < -0.3 is 5.32 Å². The van der Waals surface area contributed by atoms with Crippen molar-refractivity contribution in [2.45, 2.75) is 32.4 Å². The number of rotatable bonds is 7. The van der Waals surface area contributed by atoms with Crippen LogP contribution in [0.3, 0.4) is 0 Å². The Kier molecular flexibility index (Phi) is 5.39. The molecule has 0 bridgehead atoms. The maximum atomic E-state index is 12.4. The SMILES string of the molecule is C[C@@H](CCc1ccccc1)NCCn1ncc2ccccc2c1=O. The highest BCUT2D eigenvalue weighted by molar-refractivity contribution is 5.80. The molecule has 0 saturated carbocycles. The second-order valence-electron chi connectivity index (χ2n) is 6.14. The molecule has 24 heavy (non-hydrogen) atoms. The van der Waals surface area contributed by atoms with Gasteiger partial charge in [0.2, 0.25) is 0 Å². The summed E-state index contributed by atoms with van der Waals surface area (Å²) in [7, 11) is 0. The molecule has 3 aromatic rings. The summed E-state index contributed by atoms with van der Waals surface area (Å²) in [6, 6.07) is 18.5. The van der Waals surface area contributed by atoms with Crippen LogP contribution in [0.4, 0.5) is 0 Å².